The summed E-state index contributed by atoms with van der Waals surface area (Å²) in [5.41, 5.74) is 12.5. The Morgan fingerprint density at radius 1 is 0.550 bits per heavy atom. The predicted molar refractivity (Wildman–Crippen MR) is 166 cm³/mol. The second-order valence-corrected chi connectivity index (χ2v) is 10.8. The first-order chi connectivity index (χ1) is 19.9. The van der Waals surface area contributed by atoms with Gasteiger partial charge >= 0.3 is 6.98 Å². The maximum atomic E-state index is 4.57. The van der Waals surface area contributed by atoms with Crippen LogP contribution in [0.25, 0.3) is 60.4 Å². The topological polar surface area (TPSA) is 26.0 Å². The van der Waals surface area contributed by atoms with Crippen LogP contribution in [0.1, 0.15) is 0 Å². The molecule has 0 atom stereocenters. The molecule has 0 saturated carbocycles. The van der Waals surface area contributed by atoms with Crippen LogP contribution in [0.5, 0.6) is 0 Å². The maximum absolute atomic E-state index is 4.57. The number of aromatic nitrogens is 3. The largest absolute Gasteiger partial charge is 0.421 e. The fraction of sp³-hybridized carbons (Fsp3) is 0. The Balaban J connectivity index is 1.38. The van der Waals surface area contributed by atoms with Gasteiger partial charge in [-0.25, -0.2) is 0 Å². The quantitative estimate of drug-likeness (QED) is 0.213. The number of fused-ring (bicyclic) bond motifs is 14. The van der Waals surface area contributed by atoms with Crippen molar-refractivity contribution in [3.05, 3.63) is 128 Å². The average molecular weight is 508 g/mol. The zero-order chi connectivity index (χ0) is 25.9. The van der Waals surface area contributed by atoms with E-state index in [2.05, 4.69) is 134 Å². The molecule has 4 nitrogen and oxygen atoms in total. The van der Waals surface area contributed by atoms with Gasteiger partial charge in [0, 0.05) is 56.4 Å². The van der Waals surface area contributed by atoms with Crippen molar-refractivity contribution >= 4 is 67.4 Å². The van der Waals surface area contributed by atoms with Gasteiger partial charge in [0.15, 0.2) is 0 Å². The number of hydrogen-bond donors (Lipinski definition) is 0. The van der Waals surface area contributed by atoms with E-state index >= 15 is 0 Å². The monoisotopic (exact) mass is 508 g/mol. The maximum Gasteiger partial charge on any atom is 0.421 e. The number of nitrogens with zero attached hydrogens (tertiary/aromatic N) is 4. The minimum absolute atomic E-state index is 0.0388. The van der Waals surface area contributed by atoms with Crippen LogP contribution < -0.4 is 10.3 Å². The first-order valence-electron chi connectivity index (χ1n) is 13.8. The normalized spacial score (nSPS) is 13.4. The third-order valence-corrected chi connectivity index (χ3v) is 8.94. The molecule has 40 heavy (non-hydrogen) atoms. The highest BCUT2D eigenvalue weighted by atomic mass is 15.2. The third-order valence-electron chi connectivity index (χ3n) is 8.94. The van der Waals surface area contributed by atoms with Gasteiger partial charge in [-0.15, -0.1) is 0 Å². The van der Waals surface area contributed by atoms with Crippen molar-refractivity contribution in [2.24, 2.45) is 0 Å². The first-order valence-corrected chi connectivity index (χ1v) is 13.8. The zero-order valence-electron chi connectivity index (χ0n) is 21.5. The van der Waals surface area contributed by atoms with Crippen LogP contribution in [0.15, 0.2) is 128 Å². The SMILES string of the molecule is c1ccc2c(c1)B1N(c3ccccc3-2)c2cc(-n3c4ccccc4c4ccccc43)cc3c4cnccc4n1c23. The van der Waals surface area contributed by atoms with Crippen molar-refractivity contribution in [3.63, 3.8) is 0 Å². The van der Waals surface area contributed by atoms with Crippen molar-refractivity contribution < 1.29 is 0 Å². The van der Waals surface area contributed by atoms with E-state index in [0.29, 0.717) is 0 Å². The Morgan fingerprint density at radius 2 is 1.25 bits per heavy atom. The Bertz CT molecular complexity index is 2310. The molecule has 0 spiro atoms. The Labute approximate surface area is 230 Å². The van der Waals surface area contributed by atoms with Gasteiger partial charge in [0.05, 0.1) is 22.2 Å². The van der Waals surface area contributed by atoms with E-state index in [1.807, 2.05) is 12.4 Å². The van der Waals surface area contributed by atoms with Crippen LogP contribution in [-0.2, 0) is 0 Å². The van der Waals surface area contributed by atoms with E-state index in [1.54, 1.807) is 0 Å². The Morgan fingerprint density at radius 3 is 2.08 bits per heavy atom. The molecule has 10 rings (SSSR count). The summed E-state index contributed by atoms with van der Waals surface area (Å²) in [5, 5.41) is 4.97. The molecular weight excluding hydrogens is 487 g/mol. The van der Waals surface area contributed by atoms with E-state index in [-0.39, 0.29) is 6.98 Å². The molecule has 5 aromatic carbocycles. The lowest BCUT2D eigenvalue weighted by Gasteiger charge is -2.34. The van der Waals surface area contributed by atoms with Crippen LogP contribution in [0, 0.1) is 0 Å². The highest BCUT2D eigenvalue weighted by molar-refractivity contribution is 6.82. The van der Waals surface area contributed by atoms with Crippen LogP contribution >= 0.6 is 0 Å². The fourth-order valence-corrected chi connectivity index (χ4v) is 7.42. The second-order valence-electron chi connectivity index (χ2n) is 10.8. The zero-order valence-corrected chi connectivity index (χ0v) is 21.5. The van der Waals surface area contributed by atoms with Gasteiger partial charge in [0.1, 0.15) is 0 Å². The van der Waals surface area contributed by atoms with Crippen molar-refractivity contribution in [3.8, 4) is 16.8 Å². The number of rotatable bonds is 1. The molecule has 8 aromatic rings. The van der Waals surface area contributed by atoms with E-state index in [1.165, 1.54) is 77.3 Å². The molecule has 0 saturated heterocycles. The highest BCUT2D eigenvalue weighted by Crippen LogP contribution is 2.50. The van der Waals surface area contributed by atoms with Gasteiger partial charge in [0.2, 0.25) is 0 Å². The van der Waals surface area contributed by atoms with Gasteiger partial charge in [-0.05, 0) is 47.4 Å². The molecule has 0 fully saturated rings. The number of benzene rings is 5. The smallest absolute Gasteiger partial charge is 0.359 e. The summed E-state index contributed by atoms with van der Waals surface area (Å²) in [5.74, 6) is 0. The molecule has 2 aliphatic rings. The lowest BCUT2D eigenvalue weighted by molar-refractivity contribution is 1.18. The van der Waals surface area contributed by atoms with Crippen molar-refractivity contribution in [2.45, 2.75) is 0 Å². The van der Waals surface area contributed by atoms with Crippen molar-refractivity contribution in [1.82, 2.24) is 14.0 Å². The summed E-state index contributed by atoms with van der Waals surface area (Å²) >= 11 is 0. The minimum atomic E-state index is 0.0388. The molecule has 5 heterocycles. The summed E-state index contributed by atoms with van der Waals surface area (Å²) in [6.07, 6.45) is 3.95. The number of anilines is 2. The van der Waals surface area contributed by atoms with Crippen molar-refractivity contribution in [2.75, 3.05) is 4.81 Å². The van der Waals surface area contributed by atoms with Crippen molar-refractivity contribution in [1.29, 1.82) is 0 Å². The molecule has 5 heteroatoms. The summed E-state index contributed by atoms with van der Waals surface area (Å²) in [6, 6.07) is 42.1. The van der Waals surface area contributed by atoms with E-state index in [0.717, 1.165) is 0 Å². The number of hydrogen-bond acceptors (Lipinski definition) is 2. The van der Waals surface area contributed by atoms with Crippen LogP contribution in [0.3, 0.4) is 0 Å². The molecular formula is C35H21BN4. The molecule has 3 aromatic heterocycles. The predicted octanol–water partition coefficient (Wildman–Crippen LogP) is 7.66. The summed E-state index contributed by atoms with van der Waals surface area (Å²) in [4.78, 5) is 7.13. The van der Waals surface area contributed by atoms with E-state index < -0.39 is 0 Å². The number of pyridine rings is 1. The van der Waals surface area contributed by atoms with Gasteiger partial charge < -0.3 is 13.9 Å². The molecule has 0 amide bonds. The first kappa shape index (κ1) is 20.6. The standard InChI is InChI=1S/C35H21BN4/c1-5-13-29-23(9-1)24-10-4-8-16-32(24)39-34-20-22(19-27-28-21-37-18-17-33(28)40(35(27)34)36(29)39)38-30-14-6-2-11-25(30)26-12-3-7-15-31(26)38/h1-21H. The third kappa shape index (κ3) is 2.37. The molecule has 0 bridgehead atoms. The van der Waals surface area contributed by atoms with Crippen LogP contribution in [0.2, 0.25) is 0 Å². The molecule has 0 N–H and O–H groups in total. The van der Waals surface area contributed by atoms with Gasteiger partial charge in [0.25, 0.3) is 0 Å². The fourth-order valence-electron chi connectivity index (χ4n) is 7.42. The molecule has 0 aliphatic carbocycles. The molecule has 0 radical (unpaired) electrons. The second kappa shape index (κ2) is 7.22. The van der Waals surface area contributed by atoms with Gasteiger partial charge in [-0.1, -0.05) is 78.9 Å². The molecule has 2 aliphatic heterocycles. The Hall–Kier alpha value is -5.29. The van der Waals surface area contributed by atoms with Crippen LogP contribution in [0.4, 0.5) is 11.4 Å². The Kier molecular flexibility index (Phi) is 3.73. The minimum Gasteiger partial charge on any atom is -0.359 e. The lowest BCUT2D eigenvalue weighted by atomic mass is 9.60. The van der Waals surface area contributed by atoms with E-state index in [4.69, 9.17) is 0 Å². The average Bonchev–Trinajstić information content (AvgIpc) is 3.66. The van der Waals surface area contributed by atoms with E-state index in [9.17, 15) is 0 Å². The molecule has 184 valence electrons. The highest BCUT2D eigenvalue weighted by Gasteiger charge is 2.45. The van der Waals surface area contributed by atoms with Gasteiger partial charge in [-0.3, -0.25) is 4.98 Å². The number of para-hydroxylation sites is 3. The summed E-state index contributed by atoms with van der Waals surface area (Å²) in [6.45, 7) is 0.0388. The summed E-state index contributed by atoms with van der Waals surface area (Å²) < 4.78 is 4.96. The lowest BCUT2D eigenvalue weighted by Crippen LogP contribution is -2.51. The summed E-state index contributed by atoms with van der Waals surface area (Å²) in [7, 11) is 0. The van der Waals surface area contributed by atoms with Gasteiger partial charge in [-0.2, -0.15) is 0 Å². The van der Waals surface area contributed by atoms with Crippen LogP contribution in [-0.4, -0.2) is 21.0 Å². The molecule has 0 unspecified atom stereocenters.